The lowest BCUT2D eigenvalue weighted by Gasteiger charge is -2.29. The van der Waals surface area contributed by atoms with Gasteiger partial charge in [-0.25, -0.2) is 0 Å². The Morgan fingerprint density at radius 3 is 2.83 bits per heavy atom. The molecule has 3 saturated heterocycles. The number of anilines is 1. The van der Waals surface area contributed by atoms with E-state index in [2.05, 4.69) is 5.32 Å². The minimum absolute atomic E-state index is 0.0429. The second kappa shape index (κ2) is 6.42. The van der Waals surface area contributed by atoms with Gasteiger partial charge in [-0.1, -0.05) is 18.2 Å². The standard InChI is InChI=1S/C22H25N3O4/c1-13-3-4-15(11-14(13)2)25-12-22-7-5-16(29-22)18(19(22)21(25)28)20(27)24-9-6-17(26)23-8-10-24/h3-5,7,11,16,18-19H,6,8-10,12H2,1-2H3,(H,23,26)/t16-,18+,19+,22-/m0/s1. The average Bonchev–Trinajstić information content (AvgIpc) is 3.28. The van der Waals surface area contributed by atoms with Crippen LogP contribution in [0.2, 0.25) is 0 Å². The van der Waals surface area contributed by atoms with Crippen LogP contribution in [0.4, 0.5) is 5.69 Å². The first-order valence-electron chi connectivity index (χ1n) is 10.2. The molecule has 4 aliphatic rings. The number of fused-ring (bicyclic) bond motifs is 1. The summed E-state index contributed by atoms with van der Waals surface area (Å²) in [5, 5.41) is 2.79. The highest BCUT2D eigenvalue weighted by Crippen LogP contribution is 2.53. The minimum atomic E-state index is -0.735. The van der Waals surface area contributed by atoms with Gasteiger partial charge in [-0.2, -0.15) is 0 Å². The Bertz CT molecular complexity index is 942. The number of nitrogens with one attached hydrogen (secondary N) is 1. The molecule has 4 heterocycles. The molecule has 7 nitrogen and oxygen atoms in total. The number of amides is 3. The van der Waals surface area contributed by atoms with E-state index in [4.69, 9.17) is 4.74 Å². The van der Waals surface area contributed by atoms with Crippen molar-refractivity contribution in [1.82, 2.24) is 10.2 Å². The van der Waals surface area contributed by atoms with Crippen molar-refractivity contribution in [3.63, 3.8) is 0 Å². The van der Waals surface area contributed by atoms with Crippen LogP contribution in [0.25, 0.3) is 0 Å². The number of carbonyl (C=O) groups excluding carboxylic acids is 3. The number of hydrogen-bond donors (Lipinski definition) is 1. The zero-order valence-corrected chi connectivity index (χ0v) is 16.7. The van der Waals surface area contributed by atoms with Crippen molar-refractivity contribution in [2.24, 2.45) is 11.8 Å². The van der Waals surface area contributed by atoms with E-state index in [-0.39, 0.29) is 23.8 Å². The molecular weight excluding hydrogens is 370 g/mol. The smallest absolute Gasteiger partial charge is 0.234 e. The summed E-state index contributed by atoms with van der Waals surface area (Å²) in [4.78, 5) is 41.9. The molecule has 1 aromatic rings. The number of benzene rings is 1. The third-order valence-corrected chi connectivity index (χ3v) is 6.81. The largest absolute Gasteiger partial charge is 0.360 e. The van der Waals surface area contributed by atoms with Gasteiger partial charge in [0.15, 0.2) is 0 Å². The Balaban J connectivity index is 1.44. The van der Waals surface area contributed by atoms with Gasteiger partial charge in [-0.05, 0) is 37.1 Å². The Labute approximate surface area is 169 Å². The number of rotatable bonds is 2. The number of hydrogen-bond acceptors (Lipinski definition) is 4. The molecule has 7 heteroatoms. The van der Waals surface area contributed by atoms with Crippen LogP contribution >= 0.6 is 0 Å². The molecule has 152 valence electrons. The molecule has 0 radical (unpaired) electrons. The molecular formula is C22H25N3O4. The molecule has 2 bridgehead atoms. The highest BCUT2D eigenvalue weighted by molar-refractivity contribution is 6.03. The van der Waals surface area contributed by atoms with Crippen molar-refractivity contribution in [3.8, 4) is 0 Å². The number of nitrogens with zero attached hydrogens (tertiary/aromatic N) is 2. The van der Waals surface area contributed by atoms with E-state index in [1.54, 1.807) is 9.80 Å². The second-order valence-electron chi connectivity index (χ2n) is 8.52. The van der Waals surface area contributed by atoms with Crippen LogP contribution < -0.4 is 10.2 Å². The zero-order valence-electron chi connectivity index (χ0n) is 16.7. The maximum absolute atomic E-state index is 13.5. The zero-order chi connectivity index (χ0) is 20.3. The van der Waals surface area contributed by atoms with Crippen molar-refractivity contribution in [3.05, 3.63) is 41.5 Å². The highest BCUT2D eigenvalue weighted by Gasteiger charge is 2.67. The van der Waals surface area contributed by atoms with Crippen molar-refractivity contribution in [1.29, 1.82) is 0 Å². The van der Waals surface area contributed by atoms with Gasteiger partial charge >= 0.3 is 0 Å². The fourth-order valence-electron chi connectivity index (χ4n) is 5.09. The lowest BCUT2D eigenvalue weighted by molar-refractivity contribution is -0.140. The Kier molecular flexibility index (Phi) is 4.07. The second-order valence-corrected chi connectivity index (χ2v) is 8.52. The number of aryl methyl sites for hydroxylation is 2. The quantitative estimate of drug-likeness (QED) is 0.756. The van der Waals surface area contributed by atoms with E-state index in [0.717, 1.165) is 11.3 Å². The summed E-state index contributed by atoms with van der Waals surface area (Å²) in [5.74, 6) is -1.23. The summed E-state index contributed by atoms with van der Waals surface area (Å²) in [6.07, 6.45) is 3.82. The molecule has 0 aromatic heterocycles. The van der Waals surface area contributed by atoms with Crippen LogP contribution in [-0.4, -0.2) is 60.5 Å². The topological polar surface area (TPSA) is 79.0 Å². The van der Waals surface area contributed by atoms with E-state index < -0.39 is 17.4 Å². The summed E-state index contributed by atoms with van der Waals surface area (Å²) >= 11 is 0. The van der Waals surface area contributed by atoms with Crippen LogP contribution in [0.5, 0.6) is 0 Å². The summed E-state index contributed by atoms with van der Waals surface area (Å²) in [6.45, 7) is 5.79. The first-order valence-corrected chi connectivity index (χ1v) is 10.2. The van der Waals surface area contributed by atoms with Crippen LogP contribution in [0.15, 0.2) is 30.4 Å². The van der Waals surface area contributed by atoms with Gasteiger partial charge < -0.3 is 19.9 Å². The average molecular weight is 395 g/mol. The third kappa shape index (κ3) is 2.71. The van der Waals surface area contributed by atoms with Gasteiger partial charge in [0.05, 0.1) is 24.5 Å². The number of carbonyl (C=O) groups is 3. The van der Waals surface area contributed by atoms with Gasteiger partial charge in [0.1, 0.15) is 5.60 Å². The third-order valence-electron chi connectivity index (χ3n) is 6.81. The number of ether oxygens (including phenoxy) is 1. The molecule has 4 aliphatic heterocycles. The van der Waals surface area contributed by atoms with Gasteiger partial charge in [-0.15, -0.1) is 0 Å². The fraction of sp³-hybridized carbons (Fsp3) is 0.500. The molecule has 3 amide bonds. The van der Waals surface area contributed by atoms with Crippen molar-refractivity contribution >= 4 is 23.4 Å². The molecule has 1 spiro atoms. The maximum atomic E-state index is 13.5. The van der Waals surface area contributed by atoms with Crippen LogP contribution in [0, 0.1) is 25.7 Å². The van der Waals surface area contributed by atoms with E-state index in [1.807, 2.05) is 44.2 Å². The fourth-order valence-corrected chi connectivity index (χ4v) is 5.09. The molecule has 1 N–H and O–H groups in total. The first-order chi connectivity index (χ1) is 13.9. The van der Waals surface area contributed by atoms with E-state index in [1.165, 1.54) is 5.56 Å². The Morgan fingerprint density at radius 1 is 1.21 bits per heavy atom. The van der Waals surface area contributed by atoms with Crippen LogP contribution in [-0.2, 0) is 19.1 Å². The summed E-state index contributed by atoms with van der Waals surface area (Å²) in [5.41, 5.74) is 2.41. The van der Waals surface area contributed by atoms with Gasteiger partial charge in [0.25, 0.3) is 0 Å². The predicted molar refractivity (Wildman–Crippen MR) is 106 cm³/mol. The molecule has 0 saturated carbocycles. The summed E-state index contributed by atoms with van der Waals surface area (Å²) < 4.78 is 6.23. The summed E-state index contributed by atoms with van der Waals surface area (Å²) in [6, 6.07) is 5.99. The lowest BCUT2D eigenvalue weighted by Crippen LogP contribution is -2.47. The Hall–Kier alpha value is -2.67. The SMILES string of the molecule is Cc1ccc(N2C[C@]34C=C[C@H](O3)[C@@H](C(=O)N3CCNC(=O)CC3)[C@@H]4C2=O)cc1C. The van der Waals surface area contributed by atoms with E-state index in [0.29, 0.717) is 32.6 Å². The van der Waals surface area contributed by atoms with E-state index >= 15 is 0 Å². The molecule has 0 aliphatic carbocycles. The monoisotopic (exact) mass is 395 g/mol. The minimum Gasteiger partial charge on any atom is -0.360 e. The van der Waals surface area contributed by atoms with Crippen LogP contribution in [0.3, 0.4) is 0 Å². The molecule has 4 atom stereocenters. The molecule has 3 fully saturated rings. The van der Waals surface area contributed by atoms with Crippen molar-refractivity contribution in [2.45, 2.75) is 32.0 Å². The summed E-state index contributed by atoms with van der Waals surface area (Å²) in [7, 11) is 0. The van der Waals surface area contributed by atoms with Gasteiger partial charge in [0, 0.05) is 31.7 Å². The van der Waals surface area contributed by atoms with Crippen molar-refractivity contribution < 1.29 is 19.1 Å². The van der Waals surface area contributed by atoms with Crippen molar-refractivity contribution in [2.75, 3.05) is 31.1 Å². The molecule has 0 unspecified atom stereocenters. The lowest BCUT2D eigenvalue weighted by atomic mass is 9.76. The van der Waals surface area contributed by atoms with Gasteiger partial charge in [-0.3, -0.25) is 14.4 Å². The molecule has 1 aromatic carbocycles. The maximum Gasteiger partial charge on any atom is 0.234 e. The highest BCUT2D eigenvalue weighted by atomic mass is 16.5. The predicted octanol–water partition coefficient (Wildman–Crippen LogP) is 0.938. The normalized spacial score (nSPS) is 33.1. The molecule has 29 heavy (non-hydrogen) atoms. The first kappa shape index (κ1) is 18.4. The molecule has 5 rings (SSSR count). The van der Waals surface area contributed by atoms with Gasteiger partial charge in [0.2, 0.25) is 17.7 Å². The Morgan fingerprint density at radius 2 is 2.03 bits per heavy atom. The van der Waals surface area contributed by atoms with E-state index in [9.17, 15) is 14.4 Å². The van der Waals surface area contributed by atoms with Crippen LogP contribution in [0.1, 0.15) is 17.5 Å².